The zero-order valence-electron chi connectivity index (χ0n) is 13.6. The first-order valence-electron chi connectivity index (χ1n) is 6.67. The molecule has 8 N–H and O–H groups in total. The standard InChI is InChI=1S/C11H11BClN5O4.4H2O/c1-18-2-7(19)21-12(18,22-8(20)3-18)4-17-6-16-9-10(13)14-5-15-11(9)17;;;;/h5-6H,2-4H2,1H3;4*1H2. The van der Waals surface area contributed by atoms with Crippen LogP contribution in [0.3, 0.4) is 0 Å². The molecule has 26 heavy (non-hydrogen) atoms. The van der Waals surface area contributed by atoms with Crippen molar-refractivity contribution in [3.63, 3.8) is 0 Å². The summed E-state index contributed by atoms with van der Waals surface area (Å²) in [5.41, 5.74) is 0.938. The lowest BCUT2D eigenvalue weighted by Crippen LogP contribution is -2.62. The number of nitrogens with zero attached hydrogens (tertiary/aromatic N) is 5. The van der Waals surface area contributed by atoms with Gasteiger partial charge in [0.05, 0.1) is 6.33 Å². The summed E-state index contributed by atoms with van der Waals surface area (Å²) in [6.45, 7) is -1.96. The SMILES string of the molecule is C[N+]12CC(=O)O[B-]1(Cn1cnc3c(Cl)ncnc31)OC(=O)C2.O.O.O.O. The summed E-state index contributed by atoms with van der Waals surface area (Å²) in [4.78, 5) is 35.6. The van der Waals surface area contributed by atoms with E-state index in [9.17, 15) is 9.59 Å². The third-order valence-electron chi connectivity index (χ3n) is 4.35. The van der Waals surface area contributed by atoms with Crippen LogP contribution in [0.1, 0.15) is 0 Å². The zero-order valence-corrected chi connectivity index (χ0v) is 14.4. The summed E-state index contributed by atoms with van der Waals surface area (Å²) < 4.78 is 12.6. The van der Waals surface area contributed by atoms with E-state index in [1.807, 2.05) is 0 Å². The Bertz CT molecular complexity index is 812. The number of rotatable bonds is 2. The van der Waals surface area contributed by atoms with Crippen molar-refractivity contribution in [2.45, 2.75) is 6.44 Å². The van der Waals surface area contributed by atoms with E-state index in [1.165, 1.54) is 12.7 Å². The van der Waals surface area contributed by atoms with Crippen LogP contribution in [0.25, 0.3) is 11.2 Å². The molecule has 0 amide bonds. The Morgan fingerprint density at radius 1 is 1.12 bits per heavy atom. The average Bonchev–Trinajstić information content (AvgIpc) is 2.97. The maximum atomic E-state index is 11.7. The van der Waals surface area contributed by atoms with Crippen LogP contribution in [0.2, 0.25) is 5.15 Å². The molecule has 0 unspecified atom stereocenters. The van der Waals surface area contributed by atoms with Crippen molar-refractivity contribution in [3.05, 3.63) is 17.8 Å². The van der Waals surface area contributed by atoms with Gasteiger partial charge in [-0.3, -0.25) is 9.59 Å². The first-order valence-corrected chi connectivity index (χ1v) is 7.05. The van der Waals surface area contributed by atoms with Gasteiger partial charge in [-0.1, -0.05) is 11.6 Å². The Labute approximate surface area is 151 Å². The molecule has 2 saturated heterocycles. The lowest BCUT2D eigenvalue weighted by molar-refractivity contribution is -0.794. The molecule has 2 aromatic heterocycles. The van der Waals surface area contributed by atoms with Crippen molar-refractivity contribution in [3.8, 4) is 0 Å². The molecular formula is C11H19BClN5O8. The minimum atomic E-state index is -2.17. The highest BCUT2D eigenvalue weighted by Crippen LogP contribution is 2.35. The maximum absolute atomic E-state index is 11.7. The summed E-state index contributed by atoms with van der Waals surface area (Å²) in [6, 6.07) is 0. The highest BCUT2D eigenvalue weighted by atomic mass is 35.5. The number of carbonyl (C=O) groups excluding carboxylic acids is 2. The first-order chi connectivity index (χ1) is 10.4. The van der Waals surface area contributed by atoms with Crippen LogP contribution in [0.5, 0.6) is 0 Å². The fraction of sp³-hybridized carbons (Fsp3) is 0.364. The van der Waals surface area contributed by atoms with Crippen LogP contribution >= 0.6 is 11.6 Å². The Morgan fingerprint density at radius 3 is 2.27 bits per heavy atom. The van der Waals surface area contributed by atoms with Gasteiger partial charge in [0.1, 0.15) is 24.9 Å². The average molecular weight is 396 g/mol. The first kappa shape index (κ1) is 23.6. The fourth-order valence-corrected chi connectivity index (χ4v) is 3.37. The van der Waals surface area contributed by atoms with Gasteiger partial charge in [0.2, 0.25) is 0 Å². The van der Waals surface area contributed by atoms with E-state index in [0.717, 1.165) is 0 Å². The van der Waals surface area contributed by atoms with Crippen molar-refractivity contribution < 1.29 is 45.2 Å². The van der Waals surface area contributed by atoms with Gasteiger partial charge in [0.15, 0.2) is 10.8 Å². The molecule has 13 nitrogen and oxygen atoms in total. The summed E-state index contributed by atoms with van der Waals surface area (Å²) in [5, 5.41) is 0.234. The van der Waals surface area contributed by atoms with Crippen molar-refractivity contribution in [2.75, 3.05) is 20.1 Å². The Morgan fingerprint density at radius 2 is 1.69 bits per heavy atom. The number of halogens is 1. The quantitative estimate of drug-likeness (QED) is 0.364. The molecule has 0 bridgehead atoms. The van der Waals surface area contributed by atoms with Gasteiger partial charge in [0.25, 0.3) is 0 Å². The number of hydrogen-bond acceptors (Lipinski definition) is 7. The number of carbonyl (C=O) groups is 2. The smallest absolute Gasteiger partial charge is 0.599 e. The van der Waals surface area contributed by atoms with Crippen LogP contribution in [-0.4, -0.2) is 84.6 Å². The van der Waals surface area contributed by atoms with Gasteiger partial charge in [-0.2, -0.15) is 0 Å². The van der Waals surface area contributed by atoms with Crippen LogP contribution < -0.4 is 0 Å². The molecule has 0 radical (unpaired) electrons. The third-order valence-corrected chi connectivity index (χ3v) is 4.62. The fourth-order valence-electron chi connectivity index (χ4n) is 3.19. The molecular weight excluding hydrogens is 376 g/mol. The second-order valence-electron chi connectivity index (χ2n) is 5.83. The Kier molecular flexibility index (Phi) is 6.81. The van der Waals surface area contributed by atoms with Crippen LogP contribution in [0, 0.1) is 0 Å². The van der Waals surface area contributed by atoms with E-state index in [1.54, 1.807) is 11.6 Å². The lowest BCUT2D eigenvalue weighted by Gasteiger charge is -2.39. The molecule has 4 rings (SSSR count). The maximum Gasteiger partial charge on any atom is 0.603 e. The second kappa shape index (κ2) is 7.49. The van der Waals surface area contributed by atoms with Gasteiger partial charge >= 0.3 is 18.6 Å². The van der Waals surface area contributed by atoms with Crippen molar-refractivity contribution >= 4 is 41.4 Å². The monoisotopic (exact) mass is 395 g/mol. The third kappa shape index (κ3) is 3.09. The zero-order chi connectivity index (χ0) is 15.5. The Hall–Kier alpha value is -2.36. The van der Waals surface area contributed by atoms with E-state index in [4.69, 9.17) is 20.9 Å². The number of imidazole rings is 1. The molecule has 0 aliphatic carbocycles. The lowest BCUT2D eigenvalue weighted by atomic mass is 9.68. The largest absolute Gasteiger partial charge is 0.603 e. The highest BCUT2D eigenvalue weighted by molar-refractivity contribution is 6.65. The second-order valence-corrected chi connectivity index (χ2v) is 6.19. The number of likely N-dealkylation sites (N-methyl/N-ethyl adjacent to an activating group) is 1. The van der Waals surface area contributed by atoms with Gasteiger partial charge in [-0.05, 0) is 0 Å². The topological polar surface area (TPSA) is 222 Å². The summed E-state index contributed by atoms with van der Waals surface area (Å²) in [5.74, 6) is -0.765. The minimum absolute atomic E-state index is 0. The van der Waals surface area contributed by atoms with Crippen molar-refractivity contribution in [1.29, 1.82) is 0 Å². The number of fused-ring (bicyclic) bond motifs is 2. The molecule has 0 atom stereocenters. The molecule has 15 heteroatoms. The van der Waals surface area contributed by atoms with E-state index in [0.29, 0.717) is 11.2 Å². The van der Waals surface area contributed by atoms with E-state index in [2.05, 4.69) is 15.0 Å². The molecule has 0 saturated carbocycles. The minimum Gasteiger partial charge on any atom is -0.599 e. The molecule has 2 aliphatic rings. The number of aromatic nitrogens is 4. The van der Waals surface area contributed by atoms with Gasteiger partial charge in [0, 0.05) is 13.5 Å². The number of hydrogen-bond donors (Lipinski definition) is 0. The molecule has 2 fully saturated rings. The van der Waals surface area contributed by atoms with Crippen LogP contribution in [0.15, 0.2) is 12.7 Å². The van der Waals surface area contributed by atoms with E-state index in [-0.39, 0.29) is 62.9 Å². The molecule has 4 heterocycles. The predicted octanol–water partition coefficient (Wildman–Crippen LogP) is -3.78. The van der Waals surface area contributed by atoms with Gasteiger partial charge in [-0.15, -0.1) is 0 Å². The van der Waals surface area contributed by atoms with Crippen molar-refractivity contribution in [1.82, 2.24) is 19.5 Å². The molecule has 2 aromatic rings. The normalized spacial score (nSPS) is 25.8. The highest BCUT2D eigenvalue weighted by Gasteiger charge is 2.65. The van der Waals surface area contributed by atoms with Crippen LogP contribution in [0.4, 0.5) is 0 Å². The molecule has 0 spiro atoms. The molecule has 2 aliphatic heterocycles. The summed E-state index contributed by atoms with van der Waals surface area (Å²) in [6.07, 6.45) is 2.99. The summed E-state index contributed by atoms with van der Waals surface area (Å²) >= 11 is 5.97. The van der Waals surface area contributed by atoms with Gasteiger partial charge < -0.3 is 40.2 Å². The summed E-state index contributed by atoms with van der Waals surface area (Å²) in [7, 11) is 1.77. The Balaban J connectivity index is 0.00000156. The van der Waals surface area contributed by atoms with Gasteiger partial charge in [-0.25, -0.2) is 15.0 Å². The predicted molar refractivity (Wildman–Crippen MR) is 88.6 cm³/mol. The number of quaternary nitrogens is 1. The van der Waals surface area contributed by atoms with Crippen molar-refractivity contribution in [2.24, 2.45) is 0 Å². The van der Waals surface area contributed by atoms with E-state index >= 15 is 0 Å². The molecule has 146 valence electrons. The van der Waals surface area contributed by atoms with E-state index < -0.39 is 6.69 Å². The van der Waals surface area contributed by atoms with Crippen LogP contribution in [-0.2, 0) is 25.3 Å². The molecule has 0 aromatic carbocycles.